The highest BCUT2D eigenvalue weighted by Crippen LogP contribution is 2.29. The number of aliphatic carboxylic acids is 1. The summed E-state index contributed by atoms with van der Waals surface area (Å²) in [6.07, 6.45) is 0. The van der Waals surface area contributed by atoms with Crippen LogP contribution in [0.25, 0.3) is 0 Å². The molecule has 1 fully saturated rings. The van der Waals surface area contributed by atoms with Crippen LogP contribution in [0.3, 0.4) is 0 Å². The van der Waals surface area contributed by atoms with Gasteiger partial charge >= 0.3 is 5.97 Å². The first-order chi connectivity index (χ1) is 7.09. The Morgan fingerprint density at radius 1 is 1.47 bits per heavy atom. The van der Waals surface area contributed by atoms with E-state index in [9.17, 15) is 14.9 Å². The highest BCUT2D eigenvalue weighted by molar-refractivity contribution is 5.84. The lowest BCUT2D eigenvalue weighted by Crippen LogP contribution is -2.10. The minimum Gasteiger partial charge on any atom is -0.480 e. The van der Waals surface area contributed by atoms with Crippen molar-refractivity contribution in [2.45, 2.75) is 6.04 Å². The molecular weight excluding hydrogens is 200 g/mol. The average Bonchev–Trinajstić information content (AvgIpc) is 2.97. The molecule has 1 N–H and O–H groups in total. The standard InChI is InChI=1S/C9H8N2O4/c12-9(13)8-5-10(8)6-1-3-7(4-2-6)11(14)15/h1-4,8H,5H2,(H,12,13)/t8-,10?/m1/s1. The highest BCUT2D eigenvalue weighted by atomic mass is 16.6. The summed E-state index contributed by atoms with van der Waals surface area (Å²) in [6.45, 7) is 0.465. The van der Waals surface area contributed by atoms with Crippen molar-refractivity contribution in [1.82, 2.24) is 0 Å². The first kappa shape index (κ1) is 9.45. The lowest BCUT2D eigenvalue weighted by molar-refractivity contribution is -0.384. The summed E-state index contributed by atoms with van der Waals surface area (Å²) < 4.78 is 0. The molecule has 0 saturated carbocycles. The summed E-state index contributed by atoms with van der Waals surface area (Å²) >= 11 is 0. The van der Waals surface area contributed by atoms with Crippen LogP contribution in [-0.4, -0.2) is 28.6 Å². The maximum atomic E-state index is 10.6. The Labute approximate surface area is 84.9 Å². The van der Waals surface area contributed by atoms with Crippen LogP contribution in [0.4, 0.5) is 11.4 Å². The summed E-state index contributed by atoms with van der Waals surface area (Å²) in [5.41, 5.74) is 0.709. The second kappa shape index (κ2) is 3.23. The highest BCUT2D eigenvalue weighted by Gasteiger charge is 2.40. The zero-order valence-electron chi connectivity index (χ0n) is 7.66. The first-order valence-electron chi connectivity index (χ1n) is 4.33. The zero-order chi connectivity index (χ0) is 11.0. The molecular formula is C9H8N2O4. The number of non-ortho nitro benzene ring substituents is 1. The van der Waals surface area contributed by atoms with Gasteiger partial charge in [0.15, 0.2) is 0 Å². The molecule has 15 heavy (non-hydrogen) atoms. The van der Waals surface area contributed by atoms with E-state index in [0.717, 1.165) is 0 Å². The number of nitro benzene ring substituents is 1. The Hall–Kier alpha value is -2.11. The van der Waals surface area contributed by atoms with Gasteiger partial charge in [-0.1, -0.05) is 0 Å². The minimum absolute atomic E-state index is 0.00692. The predicted octanol–water partition coefficient (Wildman–Crippen LogP) is 0.868. The molecule has 6 heteroatoms. The largest absolute Gasteiger partial charge is 0.480 e. The van der Waals surface area contributed by atoms with Crippen molar-refractivity contribution >= 4 is 17.3 Å². The SMILES string of the molecule is O=C(O)[C@H]1CN1c1ccc([N+](=O)[O-])cc1. The molecule has 0 spiro atoms. The molecule has 1 aliphatic rings. The van der Waals surface area contributed by atoms with E-state index in [4.69, 9.17) is 5.11 Å². The van der Waals surface area contributed by atoms with Crippen LogP contribution < -0.4 is 4.90 Å². The molecule has 1 saturated heterocycles. The first-order valence-corrected chi connectivity index (χ1v) is 4.33. The van der Waals surface area contributed by atoms with E-state index >= 15 is 0 Å². The fourth-order valence-electron chi connectivity index (χ4n) is 1.40. The molecule has 0 aliphatic carbocycles. The number of nitrogens with zero attached hydrogens (tertiary/aromatic N) is 2. The van der Waals surface area contributed by atoms with Crippen LogP contribution in [-0.2, 0) is 4.79 Å². The number of carboxylic acids is 1. The fourth-order valence-corrected chi connectivity index (χ4v) is 1.40. The number of carboxylic acid groups (broad SMARTS) is 1. The molecule has 1 atom stereocenters. The molecule has 0 radical (unpaired) electrons. The molecule has 0 bridgehead atoms. The summed E-state index contributed by atoms with van der Waals surface area (Å²) in [5.74, 6) is -0.867. The van der Waals surface area contributed by atoms with E-state index in [2.05, 4.69) is 0 Å². The van der Waals surface area contributed by atoms with Gasteiger partial charge in [0.05, 0.1) is 11.5 Å². The van der Waals surface area contributed by atoms with Crippen molar-refractivity contribution < 1.29 is 14.8 Å². The van der Waals surface area contributed by atoms with Crippen molar-refractivity contribution in [3.05, 3.63) is 34.4 Å². The number of rotatable bonds is 3. The van der Waals surface area contributed by atoms with Crippen molar-refractivity contribution in [1.29, 1.82) is 0 Å². The monoisotopic (exact) mass is 208 g/mol. The number of carbonyl (C=O) groups is 1. The zero-order valence-corrected chi connectivity index (χ0v) is 7.66. The number of anilines is 1. The second-order valence-electron chi connectivity index (χ2n) is 3.28. The molecule has 0 unspecified atom stereocenters. The van der Waals surface area contributed by atoms with Crippen molar-refractivity contribution in [2.75, 3.05) is 11.4 Å². The smallest absolute Gasteiger partial charge is 0.328 e. The summed E-state index contributed by atoms with van der Waals surface area (Å²) in [7, 11) is 0. The van der Waals surface area contributed by atoms with E-state index in [0.29, 0.717) is 12.2 Å². The molecule has 0 aromatic heterocycles. The van der Waals surface area contributed by atoms with Gasteiger partial charge in [-0.25, -0.2) is 4.79 Å². The number of nitro groups is 1. The van der Waals surface area contributed by atoms with E-state index < -0.39 is 16.9 Å². The van der Waals surface area contributed by atoms with Crippen molar-refractivity contribution in [3.63, 3.8) is 0 Å². The van der Waals surface area contributed by atoms with Gasteiger partial charge < -0.3 is 10.0 Å². The van der Waals surface area contributed by atoms with Gasteiger partial charge in [-0.2, -0.15) is 0 Å². The second-order valence-corrected chi connectivity index (χ2v) is 3.28. The summed E-state index contributed by atoms with van der Waals surface area (Å²) in [6, 6.07) is 5.37. The van der Waals surface area contributed by atoms with E-state index in [1.54, 1.807) is 17.0 Å². The Kier molecular flexibility index (Phi) is 2.03. The summed E-state index contributed by atoms with van der Waals surface area (Å²) in [5, 5.41) is 19.0. The Morgan fingerprint density at radius 3 is 2.47 bits per heavy atom. The molecule has 78 valence electrons. The fraction of sp³-hybridized carbons (Fsp3) is 0.222. The topological polar surface area (TPSA) is 83.4 Å². The molecule has 1 heterocycles. The molecule has 6 nitrogen and oxygen atoms in total. The van der Waals surface area contributed by atoms with E-state index in [-0.39, 0.29) is 5.69 Å². The van der Waals surface area contributed by atoms with Crippen molar-refractivity contribution in [3.8, 4) is 0 Å². The average molecular weight is 208 g/mol. The van der Waals surface area contributed by atoms with Crippen LogP contribution in [0.1, 0.15) is 0 Å². The Bertz CT molecular complexity index is 415. The van der Waals surface area contributed by atoms with E-state index in [1.807, 2.05) is 0 Å². The van der Waals surface area contributed by atoms with Crippen LogP contribution in [0.5, 0.6) is 0 Å². The third kappa shape index (κ3) is 1.74. The molecule has 2 rings (SSSR count). The lowest BCUT2D eigenvalue weighted by Gasteiger charge is -2.02. The number of hydrogen-bond donors (Lipinski definition) is 1. The van der Waals surface area contributed by atoms with Gasteiger partial charge in [-0.05, 0) is 12.1 Å². The van der Waals surface area contributed by atoms with Crippen molar-refractivity contribution in [2.24, 2.45) is 0 Å². The van der Waals surface area contributed by atoms with Gasteiger partial charge in [0.2, 0.25) is 0 Å². The molecule has 0 amide bonds. The van der Waals surface area contributed by atoms with Crippen LogP contribution in [0.15, 0.2) is 24.3 Å². The lowest BCUT2D eigenvalue weighted by atomic mass is 10.3. The van der Waals surface area contributed by atoms with Gasteiger partial charge in [0.1, 0.15) is 6.04 Å². The van der Waals surface area contributed by atoms with Crippen LogP contribution >= 0.6 is 0 Å². The Balaban J connectivity index is 2.12. The molecule has 1 aromatic rings. The maximum absolute atomic E-state index is 10.6. The van der Waals surface area contributed by atoms with Gasteiger partial charge in [0.25, 0.3) is 5.69 Å². The van der Waals surface area contributed by atoms with Gasteiger partial charge in [-0.15, -0.1) is 0 Å². The van der Waals surface area contributed by atoms with Crippen LogP contribution in [0.2, 0.25) is 0 Å². The molecule has 1 aromatic carbocycles. The van der Waals surface area contributed by atoms with Gasteiger partial charge in [0, 0.05) is 17.8 Å². The third-order valence-corrected chi connectivity index (χ3v) is 2.29. The third-order valence-electron chi connectivity index (χ3n) is 2.29. The van der Waals surface area contributed by atoms with Crippen LogP contribution in [0, 0.1) is 10.1 Å². The predicted molar refractivity (Wildman–Crippen MR) is 51.9 cm³/mol. The summed E-state index contributed by atoms with van der Waals surface area (Å²) in [4.78, 5) is 22.1. The maximum Gasteiger partial charge on any atom is 0.328 e. The quantitative estimate of drug-likeness (QED) is 0.452. The number of benzene rings is 1. The van der Waals surface area contributed by atoms with E-state index in [1.165, 1.54) is 12.1 Å². The number of hydrogen-bond acceptors (Lipinski definition) is 4. The molecule has 1 aliphatic heterocycles. The minimum atomic E-state index is -0.867. The Morgan fingerprint density at radius 2 is 2.07 bits per heavy atom. The normalized spacial score (nSPS) is 18.7. The van der Waals surface area contributed by atoms with Gasteiger partial charge in [-0.3, -0.25) is 10.1 Å².